The molecule has 188 valence electrons. The number of pyridine rings is 1. The highest BCUT2D eigenvalue weighted by Crippen LogP contribution is 2.29. The average molecular weight is 496 g/mol. The van der Waals surface area contributed by atoms with Gasteiger partial charge in [-0.15, -0.1) is 0 Å². The standard InChI is InChI=1S/C25H27F2N7O2/c1-6-11-34-23-22(15(3)32-34)19(12-21(29-23)20-13-28-33(5)16(20)4)24(35)31-30-14(2)17-7-9-18(10-8-17)36-25(26)27/h7-10,12-13,25H,6,11H2,1-5H3,(H,31,35)/b30-14-. The maximum absolute atomic E-state index is 13.4. The minimum absolute atomic E-state index is 0.0440. The molecule has 0 radical (unpaired) electrons. The van der Waals surface area contributed by atoms with Gasteiger partial charge in [0.1, 0.15) is 5.75 Å². The lowest BCUT2D eigenvalue weighted by atomic mass is 10.1. The van der Waals surface area contributed by atoms with Gasteiger partial charge in [-0.25, -0.2) is 15.1 Å². The fourth-order valence-corrected chi connectivity index (χ4v) is 3.93. The topological polar surface area (TPSA) is 99.2 Å². The van der Waals surface area contributed by atoms with Gasteiger partial charge in [-0.05, 0) is 63.1 Å². The number of carbonyl (C=O) groups is 1. The number of hydrazone groups is 1. The second-order valence-electron chi connectivity index (χ2n) is 8.37. The van der Waals surface area contributed by atoms with Crippen LogP contribution in [0.5, 0.6) is 5.75 Å². The highest BCUT2D eigenvalue weighted by Gasteiger charge is 2.21. The minimum atomic E-state index is -2.90. The molecular formula is C25H27F2N7O2. The Morgan fingerprint density at radius 1 is 1.22 bits per heavy atom. The van der Waals surface area contributed by atoms with Crippen LogP contribution in [0.25, 0.3) is 22.3 Å². The van der Waals surface area contributed by atoms with Crippen LogP contribution in [0.2, 0.25) is 0 Å². The van der Waals surface area contributed by atoms with E-state index in [0.717, 1.165) is 17.7 Å². The Balaban J connectivity index is 1.70. The number of amides is 1. The van der Waals surface area contributed by atoms with Gasteiger partial charge in [-0.2, -0.15) is 24.1 Å². The van der Waals surface area contributed by atoms with Crippen molar-refractivity contribution in [3.05, 3.63) is 59.0 Å². The summed E-state index contributed by atoms with van der Waals surface area (Å²) in [7, 11) is 1.85. The normalized spacial score (nSPS) is 11.9. The lowest BCUT2D eigenvalue weighted by Crippen LogP contribution is -2.20. The molecular weight excluding hydrogens is 468 g/mol. The lowest BCUT2D eigenvalue weighted by molar-refractivity contribution is -0.0498. The molecule has 0 aliphatic carbocycles. The Hall–Kier alpha value is -4.15. The molecule has 0 spiro atoms. The van der Waals surface area contributed by atoms with Crippen molar-refractivity contribution in [1.82, 2.24) is 30.0 Å². The van der Waals surface area contributed by atoms with E-state index in [-0.39, 0.29) is 5.75 Å². The van der Waals surface area contributed by atoms with Gasteiger partial charge in [0.15, 0.2) is 5.65 Å². The molecule has 1 amide bonds. The van der Waals surface area contributed by atoms with E-state index < -0.39 is 12.5 Å². The fraction of sp³-hybridized carbons (Fsp3) is 0.320. The molecule has 0 atom stereocenters. The summed E-state index contributed by atoms with van der Waals surface area (Å²) in [6.45, 7) is 5.31. The van der Waals surface area contributed by atoms with Gasteiger partial charge in [0.2, 0.25) is 0 Å². The minimum Gasteiger partial charge on any atom is -0.435 e. The molecule has 36 heavy (non-hydrogen) atoms. The molecule has 3 heterocycles. The molecule has 0 fully saturated rings. The van der Waals surface area contributed by atoms with Crippen LogP contribution in [0.3, 0.4) is 0 Å². The summed E-state index contributed by atoms with van der Waals surface area (Å²) in [5.74, 6) is -0.371. The summed E-state index contributed by atoms with van der Waals surface area (Å²) in [6.07, 6.45) is 2.59. The van der Waals surface area contributed by atoms with E-state index in [0.29, 0.717) is 45.8 Å². The Bertz CT molecular complexity index is 1440. The van der Waals surface area contributed by atoms with Crippen LogP contribution in [-0.2, 0) is 13.6 Å². The Labute approximate surface area is 206 Å². The van der Waals surface area contributed by atoms with Crippen LogP contribution in [0.15, 0.2) is 41.6 Å². The summed E-state index contributed by atoms with van der Waals surface area (Å²) in [5.41, 5.74) is 7.83. The van der Waals surface area contributed by atoms with Crippen LogP contribution >= 0.6 is 0 Å². The molecule has 4 rings (SSSR count). The zero-order valence-corrected chi connectivity index (χ0v) is 20.7. The molecule has 0 saturated heterocycles. The van der Waals surface area contributed by atoms with Crippen molar-refractivity contribution in [2.45, 2.75) is 47.3 Å². The predicted octanol–water partition coefficient (Wildman–Crippen LogP) is 4.61. The van der Waals surface area contributed by atoms with E-state index in [4.69, 9.17) is 4.98 Å². The molecule has 0 saturated carbocycles. The maximum atomic E-state index is 13.4. The van der Waals surface area contributed by atoms with Gasteiger partial charge < -0.3 is 4.74 Å². The third-order valence-corrected chi connectivity index (χ3v) is 5.89. The number of nitrogens with zero attached hydrogens (tertiary/aromatic N) is 6. The van der Waals surface area contributed by atoms with Crippen LogP contribution in [0, 0.1) is 13.8 Å². The van der Waals surface area contributed by atoms with Gasteiger partial charge in [0.25, 0.3) is 5.91 Å². The zero-order valence-electron chi connectivity index (χ0n) is 20.7. The Kier molecular flexibility index (Phi) is 7.09. The second kappa shape index (κ2) is 10.2. The molecule has 0 bridgehead atoms. The first-order valence-electron chi connectivity index (χ1n) is 11.5. The number of hydrogen-bond acceptors (Lipinski definition) is 6. The van der Waals surface area contributed by atoms with Gasteiger partial charge in [0.05, 0.1) is 34.2 Å². The van der Waals surface area contributed by atoms with E-state index in [1.54, 1.807) is 36.0 Å². The van der Waals surface area contributed by atoms with Crippen molar-refractivity contribution >= 4 is 22.7 Å². The number of ether oxygens (including phenoxy) is 1. The second-order valence-corrected chi connectivity index (χ2v) is 8.37. The summed E-state index contributed by atoms with van der Waals surface area (Å²) in [4.78, 5) is 18.2. The molecule has 1 N–H and O–H groups in total. The number of hydrogen-bond donors (Lipinski definition) is 1. The molecule has 9 nitrogen and oxygen atoms in total. The average Bonchev–Trinajstić information content (AvgIpc) is 3.35. The molecule has 1 aromatic carbocycles. The first kappa shape index (κ1) is 25.0. The van der Waals surface area contributed by atoms with E-state index in [2.05, 4.69) is 32.4 Å². The number of aromatic nitrogens is 5. The molecule has 3 aromatic heterocycles. The van der Waals surface area contributed by atoms with Crippen molar-refractivity contribution in [3.8, 4) is 17.0 Å². The number of nitrogens with one attached hydrogen (secondary N) is 1. The van der Waals surface area contributed by atoms with Crippen LogP contribution in [0.4, 0.5) is 8.78 Å². The third-order valence-electron chi connectivity index (χ3n) is 5.89. The number of alkyl halides is 2. The number of benzene rings is 1. The van der Waals surface area contributed by atoms with Crippen LogP contribution in [-0.4, -0.2) is 42.8 Å². The van der Waals surface area contributed by atoms with E-state index in [1.807, 2.05) is 25.6 Å². The van der Waals surface area contributed by atoms with Gasteiger partial charge in [0, 0.05) is 24.8 Å². The lowest BCUT2D eigenvalue weighted by Gasteiger charge is -2.09. The van der Waals surface area contributed by atoms with E-state index in [9.17, 15) is 13.6 Å². The number of carbonyl (C=O) groups excluding carboxylic acids is 1. The molecule has 0 aliphatic rings. The largest absolute Gasteiger partial charge is 0.435 e. The third kappa shape index (κ3) is 4.95. The van der Waals surface area contributed by atoms with Crippen LogP contribution < -0.4 is 10.2 Å². The molecule has 11 heteroatoms. The summed E-state index contributed by atoms with van der Waals surface area (Å²) < 4.78 is 32.7. The number of halogens is 2. The van der Waals surface area contributed by atoms with Gasteiger partial charge in [-0.1, -0.05) is 6.92 Å². The summed E-state index contributed by atoms with van der Waals surface area (Å²) in [6, 6.07) is 7.75. The van der Waals surface area contributed by atoms with Crippen molar-refractivity contribution in [2.75, 3.05) is 0 Å². The zero-order chi connectivity index (χ0) is 26.0. The van der Waals surface area contributed by atoms with Crippen molar-refractivity contribution in [1.29, 1.82) is 0 Å². The Morgan fingerprint density at radius 2 is 1.94 bits per heavy atom. The summed E-state index contributed by atoms with van der Waals surface area (Å²) >= 11 is 0. The maximum Gasteiger partial charge on any atom is 0.387 e. The quantitative estimate of drug-likeness (QED) is 0.284. The molecule has 0 aliphatic heterocycles. The monoisotopic (exact) mass is 495 g/mol. The van der Waals surface area contributed by atoms with Gasteiger partial charge >= 0.3 is 6.61 Å². The number of rotatable bonds is 8. The van der Waals surface area contributed by atoms with Gasteiger partial charge in [-0.3, -0.25) is 9.48 Å². The van der Waals surface area contributed by atoms with Crippen molar-refractivity contribution < 1.29 is 18.3 Å². The van der Waals surface area contributed by atoms with Crippen LogP contribution in [0.1, 0.15) is 47.6 Å². The fourth-order valence-electron chi connectivity index (χ4n) is 3.93. The number of fused-ring (bicyclic) bond motifs is 1. The molecule has 4 aromatic rings. The first-order valence-corrected chi connectivity index (χ1v) is 11.5. The highest BCUT2D eigenvalue weighted by molar-refractivity contribution is 6.08. The summed E-state index contributed by atoms with van der Waals surface area (Å²) in [5, 5.41) is 13.8. The van der Waals surface area contributed by atoms with E-state index >= 15 is 0 Å². The predicted molar refractivity (Wildman–Crippen MR) is 132 cm³/mol. The highest BCUT2D eigenvalue weighted by atomic mass is 19.3. The van der Waals surface area contributed by atoms with Crippen molar-refractivity contribution in [3.63, 3.8) is 0 Å². The smallest absolute Gasteiger partial charge is 0.387 e. The number of aryl methyl sites for hydroxylation is 3. The van der Waals surface area contributed by atoms with Crippen molar-refractivity contribution in [2.24, 2.45) is 12.1 Å². The van der Waals surface area contributed by atoms with E-state index in [1.165, 1.54) is 12.1 Å². The SMILES string of the molecule is CCCn1nc(C)c2c(C(=O)N/N=C(/C)c3ccc(OC(F)F)cc3)cc(-c3cnn(C)c3C)nc21. The Morgan fingerprint density at radius 3 is 2.56 bits per heavy atom. The first-order chi connectivity index (χ1) is 17.2. The molecule has 0 unspecified atom stereocenters.